The van der Waals surface area contributed by atoms with Crippen molar-refractivity contribution in [1.29, 1.82) is 0 Å². The van der Waals surface area contributed by atoms with E-state index in [2.05, 4.69) is 35.8 Å². The molecule has 2 aromatic heterocycles. The summed E-state index contributed by atoms with van der Waals surface area (Å²) in [7, 11) is 1.82. The van der Waals surface area contributed by atoms with Gasteiger partial charge in [0.2, 0.25) is 5.28 Å². The Bertz CT molecular complexity index is 554. The minimum atomic E-state index is -0.111. The van der Waals surface area contributed by atoms with Gasteiger partial charge in [0, 0.05) is 12.5 Å². The molecule has 16 heavy (non-hydrogen) atoms. The molecule has 0 radical (unpaired) electrons. The number of fused-ring (bicyclic) bond motifs is 1. The summed E-state index contributed by atoms with van der Waals surface area (Å²) < 4.78 is 1.69. The average Bonchev–Trinajstić information content (AvgIpc) is 2.41. The molecular weight excluding hydrogens is 247 g/mol. The van der Waals surface area contributed by atoms with Crippen LogP contribution in [0.4, 0.5) is 0 Å². The summed E-state index contributed by atoms with van der Waals surface area (Å²) in [6.07, 6.45) is 0. The van der Waals surface area contributed by atoms with Crippen molar-refractivity contribution in [2.75, 3.05) is 0 Å². The Hall–Kier alpha value is -0.870. The molecule has 0 amide bonds. The second-order valence-corrected chi connectivity index (χ2v) is 5.40. The molecule has 0 N–H and O–H groups in total. The largest absolute Gasteiger partial charge is 0.263 e. The van der Waals surface area contributed by atoms with Gasteiger partial charge in [0.25, 0.3) is 0 Å². The number of halogens is 2. The summed E-state index contributed by atoms with van der Waals surface area (Å²) >= 11 is 11.8. The van der Waals surface area contributed by atoms with E-state index in [-0.39, 0.29) is 10.7 Å². The minimum absolute atomic E-state index is 0.111. The van der Waals surface area contributed by atoms with E-state index in [1.165, 1.54) is 0 Å². The molecule has 2 heterocycles. The Kier molecular flexibility index (Phi) is 2.59. The zero-order chi connectivity index (χ0) is 12.1. The van der Waals surface area contributed by atoms with Crippen LogP contribution < -0.4 is 0 Å². The van der Waals surface area contributed by atoms with Crippen LogP contribution in [0, 0.1) is 0 Å². The van der Waals surface area contributed by atoms with Crippen molar-refractivity contribution < 1.29 is 0 Å². The Morgan fingerprint density at radius 2 is 1.75 bits per heavy atom. The van der Waals surface area contributed by atoms with Gasteiger partial charge in [0.1, 0.15) is 11.0 Å². The van der Waals surface area contributed by atoms with Gasteiger partial charge in [-0.25, -0.2) is 9.97 Å². The minimum Gasteiger partial charge on any atom is -0.263 e. The first-order chi connectivity index (χ1) is 7.30. The van der Waals surface area contributed by atoms with Crippen LogP contribution in [0.2, 0.25) is 10.4 Å². The van der Waals surface area contributed by atoms with E-state index in [1.807, 2.05) is 7.05 Å². The smallest absolute Gasteiger partial charge is 0.224 e. The number of hydrogen-bond acceptors (Lipinski definition) is 3. The lowest BCUT2D eigenvalue weighted by atomic mass is 9.91. The van der Waals surface area contributed by atoms with Crippen LogP contribution >= 0.6 is 23.2 Å². The second kappa shape index (κ2) is 3.57. The number of rotatable bonds is 0. The van der Waals surface area contributed by atoms with E-state index in [0.29, 0.717) is 5.15 Å². The normalized spacial score (nSPS) is 12.4. The first-order valence-corrected chi connectivity index (χ1v) is 5.62. The molecule has 0 saturated heterocycles. The summed E-state index contributed by atoms with van der Waals surface area (Å²) in [5.41, 5.74) is 2.20. The number of aryl methyl sites for hydroxylation is 1. The summed E-state index contributed by atoms with van der Waals surface area (Å²) in [5, 5.41) is 4.92. The quantitative estimate of drug-likeness (QED) is 0.539. The molecule has 0 aliphatic rings. The molecule has 0 saturated carbocycles. The topological polar surface area (TPSA) is 43.6 Å². The zero-order valence-corrected chi connectivity index (χ0v) is 11.1. The van der Waals surface area contributed by atoms with Gasteiger partial charge in [-0.1, -0.05) is 32.4 Å². The van der Waals surface area contributed by atoms with Crippen LogP contribution in [-0.4, -0.2) is 19.7 Å². The fraction of sp³-hybridized carbons (Fsp3) is 0.500. The van der Waals surface area contributed by atoms with E-state index >= 15 is 0 Å². The van der Waals surface area contributed by atoms with Crippen LogP contribution in [0.3, 0.4) is 0 Å². The molecule has 86 valence electrons. The molecule has 0 aliphatic carbocycles. The molecule has 0 spiro atoms. The number of hydrogen-bond donors (Lipinski definition) is 0. The Morgan fingerprint density at radius 1 is 1.12 bits per heavy atom. The van der Waals surface area contributed by atoms with Crippen molar-refractivity contribution >= 4 is 34.2 Å². The third kappa shape index (κ3) is 1.76. The highest BCUT2D eigenvalue weighted by Crippen LogP contribution is 2.31. The van der Waals surface area contributed by atoms with Crippen LogP contribution in [-0.2, 0) is 12.5 Å². The fourth-order valence-corrected chi connectivity index (χ4v) is 2.11. The molecule has 2 aromatic rings. The lowest BCUT2D eigenvalue weighted by molar-refractivity contribution is 0.557. The lowest BCUT2D eigenvalue weighted by Gasteiger charge is -2.14. The third-order valence-corrected chi connectivity index (χ3v) is 2.76. The molecule has 0 atom stereocenters. The number of aromatic nitrogens is 4. The molecule has 0 aromatic carbocycles. The molecule has 0 aliphatic heterocycles. The van der Waals surface area contributed by atoms with Gasteiger partial charge in [-0.3, -0.25) is 4.68 Å². The predicted octanol–water partition coefficient (Wildman–Crippen LogP) is 2.97. The van der Waals surface area contributed by atoms with Crippen LogP contribution in [0.5, 0.6) is 0 Å². The predicted molar refractivity (Wildman–Crippen MR) is 65.0 cm³/mol. The lowest BCUT2D eigenvalue weighted by Crippen LogP contribution is -2.13. The molecule has 0 unspecified atom stereocenters. The number of nitrogens with zero attached hydrogens (tertiary/aromatic N) is 4. The van der Waals surface area contributed by atoms with Gasteiger partial charge < -0.3 is 0 Å². The third-order valence-electron chi connectivity index (χ3n) is 2.32. The van der Waals surface area contributed by atoms with E-state index in [0.717, 1.165) is 16.7 Å². The van der Waals surface area contributed by atoms with Gasteiger partial charge in [-0.15, -0.1) is 0 Å². The van der Waals surface area contributed by atoms with Gasteiger partial charge in [0.15, 0.2) is 5.15 Å². The Labute approximate surface area is 104 Å². The standard InChI is InChI=1S/C10H12Cl2N4/c1-10(2,3)7-5-6(16(4)15-7)8(11)14-9(12)13-5/h1-4H3. The Morgan fingerprint density at radius 3 is 2.31 bits per heavy atom. The highest BCUT2D eigenvalue weighted by molar-refractivity contribution is 6.35. The second-order valence-electron chi connectivity index (χ2n) is 4.70. The van der Waals surface area contributed by atoms with Crippen molar-refractivity contribution in [3.8, 4) is 0 Å². The maximum atomic E-state index is 6.03. The molecule has 6 heteroatoms. The fourth-order valence-electron chi connectivity index (χ4n) is 1.61. The van der Waals surface area contributed by atoms with Crippen molar-refractivity contribution in [2.24, 2.45) is 7.05 Å². The summed E-state index contributed by atoms with van der Waals surface area (Å²) in [6.45, 7) is 6.20. The Balaban J connectivity index is 2.89. The van der Waals surface area contributed by atoms with Gasteiger partial charge in [-0.2, -0.15) is 5.10 Å². The highest BCUT2D eigenvalue weighted by Gasteiger charge is 2.24. The van der Waals surface area contributed by atoms with Crippen molar-refractivity contribution in [2.45, 2.75) is 26.2 Å². The molecule has 2 rings (SSSR count). The van der Waals surface area contributed by atoms with Crippen LogP contribution in [0.15, 0.2) is 0 Å². The van der Waals surface area contributed by atoms with Crippen molar-refractivity contribution in [1.82, 2.24) is 19.7 Å². The maximum Gasteiger partial charge on any atom is 0.224 e. The molecule has 0 fully saturated rings. The van der Waals surface area contributed by atoms with E-state index in [1.54, 1.807) is 4.68 Å². The van der Waals surface area contributed by atoms with Crippen LogP contribution in [0.1, 0.15) is 26.5 Å². The monoisotopic (exact) mass is 258 g/mol. The first-order valence-electron chi connectivity index (χ1n) is 4.87. The van der Waals surface area contributed by atoms with Crippen molar-refractivity contribution in [3.63, 3.8) is 0 Å². The average molecular weight is 259 g/mol. The van der Waals surface area contributed by atoms with Gasteiger partial charge in [0.05, 0.1) is 5.69 Å². The van der Waals surface area contributed by atoms with E-state index in [4.69, 9.17) is 23.2 Å². The van der Waals surface area contributed by atoms with Gasteiger partial charge >= 0.3 is 0 Å². The zero-order valence-electron chi connectivity index (χ0n) is 9.54. The van der Waals surface area contributed by atoms with Crippen LogP contribution in [0.25, 0.3) is 11.0 Å². The maximum absolute atomic E-state index is 6.03. The molecule has 4 nitrogen and oxygen atoms in total. The first kappa shape index (κ1) is 11.6. The van der Waals surface area contributed by atoms with Crippen molar-refractivity contribution in [3.05, 3.63) is 16.1 Å². The van der Waals surface area contributed by atoms with E-state index < -0.39 is 0 Å². The molecule has 0 bridgehead atoms. The summed E-state index contributed by atoms with van der Waals surface area (Å²) in [6, 6.07) is 0. The van der Waals surface area contributed by atoms with E-state index in [9.17, 15) is 0 Å². The highest BCUT2D eigenvalue weighted by atomic mass is 35.5. The summed E-state index contributed by atoms with van der Waals surface area (Å²) in [4.78, 5) is 8.13. The summed E-state index contributed by atoms with van der Waals surface area (Å²) in [5.74, 6) is 0. The SMILES string of the molecule is Cn1nc(C(C)(C)C)c2nc(Cl)nc(Cl)c21. The van der Waals surface area contributed by atoms with Gasteiger partial charge in [-0.05, 0) is 11.6 Å². The molecular formula is C10H12Cl2N4.